The lowest BCUT2D eigenvalue weighted by Crippen LogP contribution is -2.27. The number of hydrogen-bond donors (Lipinski definition) is 2. The van der Waals surface area contributed by atoms with Gasteiger partial charge in [0.25, 0.3) is 0 Å². The van der Waals surface area contributed by atoms with E-state index < -0.39 is 0 Å². The predicted molar refractivity (Wildman–Crippen MR) is 64.5 cm³/mol. The van der Waals surface area contributed by atoms with Crippen LogP contribution < -0.4 is 10.6 Å². The van der Waals surface area contributed by atoms with Gasteiger partial charge in [-0.05, 0) is 26.3 Å². The number of amides is 1. The van der Waals surface area contributed by atoms with Crippen molar-refractivity contribution in [2.75, 3.05) is 33.9 Å². The molecular weight excluding hydrogens is 216 g/mol. The predicted octanol–water partition coefficient (Wildman–Crippen LogP) is 0.951. The average molecular weight is 239 g/mol. The van der Waals surface area contributed by atoms with Crippen molar-refractivity contribution in [3.05, 3.63) is 0 Å². The molecule has 0 saturated carbocycles. The van der Waals surface area contributed by atoms with Crippen molar-refractivity contribution in [1.82, 2.24) is 10.6 Å². The van der Waals surface area contributed by atoms with Gasteiger partial charge in [-0.2, -0.15) is 0 Å². The normalized spacial score (nSPS) is 9.47. The quantitative estimate of drug-likeness (QED) is 0.588. The average Bonchev–Trinajstić information content (AvgIpc) is 2.20. The molecule has 92 valence electrons. The molecule has 0 aromatic heterocycles. The molecule has 2 N–H and O–H groups in total. The molecule has 0 heterocycles. The molecule has 4 nitrogen and oxygen atoms in total. The van der Waals surface area contributed by atoms with Crippen LogP contribution in [-0.4, -0.2) is 39.8 Å². The molecule has 0 aliphatic carbocycles. The summed E-state index contributed by atoms with van der Waals surface area (Å²) in [6.45, 7) is 2.34. The summed E-state index contributed by atoms with van der Waals surface area (Å²) in [5.41, 5.74) is 0. The minimum Gasteiger partial charge on any atom is -0.385 e. The second kappa shape index (κ2) is 13.7. The number of carbonyl (C=O) groups excluding carboxylic acids is 1. The Morgan fingerprint density at radius 2 is 1.93 bits per heavy atom. The Labute approximate surface area is 98.6 Å². The molecule has 0 spiro atoms. The maximum absolute atomic E-state index is 11.1. The van der Waals surface area contributed by atoms with Crippen molar-refractivity contribution >= 4 is 18.3 Å². The lowest BCUT2D eigenvalue weighted by atomic mass is 10.2. The highest BCUT2D eigenvalue weighted by atomic mass is 35.5. The molecular formula is C10H23ClN2O2. The molecule has 0 bridgehead atoms. The zero-order valence-electron chi connectivity index (χ0n) is 9.67. The van der Waals surface area contributed by atoms with Gasteiger partial charge in [0.1, 0.15) is 0 Å². The van der Waals surface area contributed by atoms with E-state index in [1.807, 2.05) is 7.05 Å². The third-order valence-electron chi connectivity index (χ3n) is 1.95. The summed E-state index contributed by atoms with van der Waals surface area (Å²) < 4.78 is 4.93. The van der Waals surface area contributed by atoms with Crippen LogP contribution in [0, 0.1) is 0 Å². The highest BCUT2D eigenvalue weighted by molar-refractivity contribution is 5.85. The fourth-order valence-electron chi connectivity index (χ4n) is 1.10. The Hall–Kier alpha value is -0.320. The number of nitrogens with one attached hydrogen (secondary N) is 2. The van der Waals surface area contributed by atoms with Crippen LogP contribution in [-0.2, 0) is 9.53 Å². The molecule has 0 atom stereocenters. The van der Waals surface area contributed by atoms with Gasteiger partial charge in [-0.25, -0.2) is 0 Å². The van der Waals surface area contributed by atoms with E-state index in [1.165, 1.54) is 0 Å². The summed E-state index contributed by atoms with van der Waals surface area (Å²) in [4.78, 5) is 11.1. The first kappa shape index (κ1) is 17.1. The fourth-order valence-corrected chi connectivity index (χ4v) is 1.10. The summed E-state index contributed by atoms with van der Waals surface area (Å²) in [5, 5.41) is 5.81. The van der Waals surface area contributed by atoms with E-state index in [9.17, 15) is 4.79 Å². The van der Waals surface area contributed by atoms with E-state index in [1.54, 1.807) is 7.11 Å². The molecule has 0 aromatic rings. The largest absolute Gasteiger partial charge is 0.385 e. The van der Waals surface area contributed by atoms with Gasteiger partial charge in [-0.3, -0.25) is 4.79 Å². The van der Waals surface area contributed by atoms with Crippen molar-refractivity contribution in [3.63, 3.8) is 0 Å². The molecule has 0 radical (unpaired) electrons. The highest BCUT2D eigenvalue weighted by Gasteiger charge is 1.98. The van der Waals surface area contributed by atoms with E-state index in [-0.39, 0.29) is 18.3 Å². The zero-order chi connectivity index (χ0) is 10.6. The first-order chi connectivity index (χ1) is 6.81. The smallest absolute Gasteiger partial charge is 0.221 e. The molecule has 0 unspecified atom stereocenters. The van der Waals surface area contributed by atoms with Gasteiger partial charge in [0.2, 0.25) is 5.91 Å². The molecule has 0 fully saturated rings. The highest BCUT2D eigenvalue weighted by Crippen LogP contribution is 1.93. The van der Waals surface area contributed by atoms with Gasteiger partial charge in [-0.15, -0.1) is 12.4 Å². The van der Waals surface area contributed by atoms with Gasteiger partial charge in [-0.1, -0.05) is 0 Å². The van der Waals surface area contributed by atoms with Gasteiger partial charge < -0.3 is 15.4 Å². The van der Waals surface area contributed by atoms with Crippen LogP contribution in [0.3, 0.4) is 0 Å². The molecule has 5 heteroatoms. The van der Waals surface area contributed by atoms with E-state index in [4.69, 9.17) is 4.74 Å². The van der Waals surface area contributed by atoms with Crippen LogP contribution in [0.2, 0.25) is 0 Å². The Bertz CT molecular complexity index is 145. The first-order valence-electron chi connectivity index (χ1n) is 5.21. The standard InChI is InChI=1S/C10H22N2O2.ClH/c1-11-8-6-10(13)12-7-4-3-5-9-14-2;/h11H,3-9H2,1-2H3,(H,12,13);1H. The maximum atomic E-state index is 11.1. The zero-order valence-corrected chi connectivity index (χ0v) is 10.5. The van der Waals surface area contributed by atoms with Gasteiger partial charge in [0.05, 0.1) is 0 Å². The minimum atomic E-state index is 0. The van der Waals surface area contributed by atoms with Gasteiger partial charge >= 0.3 is 0 Å². The van der Waals surface area contributed by atoms with E-state index >= 15 is 0 Å². The SMILES string of the molecule is CNCCC(=O)NCCCCCOC.Cl. The van der Waals surface area contributed by atoms with Crippen LogP contribution in [0.15, 0.2) is 0 Å². The third-order valence-corrected chi connectivity index (χ3v) is 1.95. The van der Waals surface area contributed by atoms with E-state index in [0.29, 0.717) is 6.42 Å². The lowest BCUT2D eigenvalue weighted by Gasteiger charge is -2.04. The van der Waals surface area contributed by atoms with Gasteiger partial charge in [0, 0.05) is 33.2 Å². The number of methoxy groups -OCH3 is 1. The van der Waals surface area contributed by atoms with Crippen LogP contribution in [0.1, 0.15) is 25.7 Å². The summed E-state index contributed by atoms with van der Waals surface area (Å²) in [7, 11) is 3.55. The second-order valence-electron chi connectivity index (χ2n) is 3.26. The molecule has 15 heavy (non-hydrogen) atoms. The van der Waals surface area contributed by atoms with Crippen LogP contribution >= 0.6 is 12.4 Å². The van der Waals surface area contributed by atoms with Crippen molar-refractivity contribution < 1.29 is 9.53 Å². The van der Waals surface area contributed by atoms with Crippen molar-refractivity contribution in [1.29, 1.82) is 0 Å². The topological polar surface area (TPSA) is 50.4 Å². The number of ether oxygens (including phenoxy) is 1. The van der Waals surface area contributed by atoms with Crippen molar-refractivity contribution in [2.24, 2.45) is 0 Å². The molecule has 0 aliphatic rings. The number of carbonyl (C=O) groups is 1. The molecule has 0 saturated heterocycles. The molecule has 0 rings (SSSR count). The van der Waals surface area contributed by atoms with Crippen LogP contribution in [0.25, 0.3) is 0 Å². The third kappa shape index (κ3) is 13.7. The first-order valence-corrected chi connectivity index (χ1v) is 5.21. The number of rotatable bonds is 9. The number of halogens is 1. The summed E-state index contributed by atoms with van der Waals surface area (Å²) >= 11 is 0. The molecule has 0 aliphatic heterocycles. The summed E-state index contributed by atoms with van der Waals surface area (Å²) in [6.07, 6.45) is 3.78. The lowest BCUT2D eigenvalue weighted by molar-refractivity contribution is -0.120. The van der Waals surface area contributed by atoms with Crippen molar-refractivity contribution in [3.8, 4) is 0 Å². The van der Waals surface area contributed by atoms with Crippen molar-refractivity contribution in [2.45, 2.75) is 25.7 Å². The minimum absolute atomic E-state index is 0. The summed E-state index contributed by atoms with van der Waals surface area (Å²) in [6, 6.07) is 0. The number of hydrogen-bond acceptors (Lipinski definition) is 3. The Morgan fingerprint density at radius 3 is 2.53 bits per heavy atom. The summed E-state index contributed by atoms with van der Waals surface area (Å²) in [5.74, 6) is 0.131. The Kier molecular flexibility index (Phi) is 15.6. The maximum Gasteiger partial charge on any atom is 0.221 e. The van der Waals surface area contributed by atoms with E-state index in [0.717, 1.165) is 39.0 Å². The molecule has 1 amide bonds. The number of unbranched alkanes of at least 4 members (excludes halogenated alkanes) is 2. The second-order valence-corrected chi connectivity index (χ2v) is 3.26. The monoisotopic (exact) mass is 238 g/mol. The Morgan fingerprint density at radius 1 is 1.20 bits per heavy atom. The van der Waals surface area contributed by atoms with Gasteiger partial charge in [0.15, 0.2) is 0 Å². The van der Waals surface area contributed by atoms with Crippen LogP contribution in [0.5, 0.6) is 0 Å². The van der Waals surface area contributed by atoms with E-state index in [2.05, 4.69) is 10.6 Å². The van der Waals surface area contributed by atoms with Crippen LogP contribution in [0.4, 0.5) is 0 Å². The molecule has 0 aromatic carbocycles. The fraction of sp³-hybridized carbons (Fsp3) is 0.900. The Balaban J connectivity index is 0.